The second-order valence-corrected chi connectivity index (χ2v) is 7.41. The van der Waals surface area contributed by atoms with Crippen molar-refractivity contribution in [1.29, 1.82) is 0 Å². The Labute approximate surface area is 134 Å². The minimum absolute atomic E-state index is 0.317. The SMILES string of the molecule is C1=CC=CC=1C/C=C/CP(c1ccccc1)c1ccccc1. The van der Waals surface area contributed by atoms with Crippen LogP contribution < -0.4 is 10.6 Å². The first kappa shape index (κ1) is 14.8. The number of hydrogen-bond acceptors (Lipinski definition) is 0. The molecular weight excluding hydrogens is 283 g/mol. The molecule has 1 heteroatoms. The topological polar surface area (TPSA) is 0 Å². The van der Waals surface area contributed by atoms with Crippen molar-refractivity contribution >= 4 is 18.5 Å². The molecule has 22 heavy (non-hydrogen) atoms. The van der Waals surface area contributed by atoms with Crippen LogP contribution in [0.15, 0.2) is 102 Å². The van der Waals surface area contributed by atoms with Gasteiger partial charge in [-0.1, -0.05) is 85.0 Å². The first-order chi connectivity index (χ1) is 10.9. The summed E-state index contributed by atoms with van der Waals surface area (Å²) in [6.45, 7) is 0. The summed E-state index contributed by atoms with van der Waals surface area (Å²) in [7, 11) is -0.317. The van der Waals surface area contributed by atoms with E-state index in [-0.39, 0.29) is 7.92 Å². The Hall–Kier alpha value is -2.13. The van der Waals surface area contributed by atoms with Crippen LogP contribution in [0.25, 0.3) is 0 Å². The van der Waals surface area contributed by atoms with Crippen molar-refractivity contribution in [2.24, 2.45) is 0 Å². The molecule has 0 nitrogen and oxygen atoms in total. The zero-order valence-corrected chi connectivity index (χ0v) is 13.4. The predicted octanol–water partition coefficient (Wildman–Crippen LogP) is 4.72. The Morgan fingerprint density at radius 3 is 2.00 bits per heavy atom. The fraction of sp³-hybridized carbons (Fsp3) is 0.0952. The summed E-state index contributed by atoms with van der Waals surface area (Å²) in [6, 6.07) is 21.7. The Morgan fingerprint density at radius 2 is 1.45 bits per heavy atom. The second kappa shape index (κ2) is 7.76. The van der Waals surface area contributed by atoms with Gasteiger partial charge >= 0.3 is 0 Å². The summed E-state index contributed by atoms with van der Waals surface area (Å²) < 4.78 is 0. The van der Waals surface area contributed by atoms with Crippen LogP contribution in [-0.2, 0) is 0 Å². The van der Waals surface area contributed by atoms with E-state index < -0.39 is 0 Å². The van der Waals surface area contributed by atoms with Gasteiger partial charge in [-0.25, -0.2) is 0 Å². The monoisotopic (exact) mass is 302 g/mol. The van der Waals surface area contributed by atoms with Crippen molar-refractivity contribution < 1.29 is 0 Å². The van der Waals surface area contributed by atoms with Gasteiger partial charge in [0.15, 0.2) is 0 Å². The molecule has 2 aromatic rings. The molecule has 0 radical (unpaired) electrons. The Balaban J connectivity index is 1.73. The van der Waals surface area contributed by atoms with Crippen LogP contribution in [0.5, 0.6) is 0 Å². The molecule has 0 N–H and O–H groups in total. The van der Waals surface area contributed by atoms with Gasteiger partial charge in [0.1, 0.15) is 0 Å². The minimum atomic E-state index is -0.317. The van der Waals surface area contributed by atoms with E-state index in [1.807, 2.05) is 12.2 Å². The summed E-state index contributed by atoms with van der Waals surface area (Å²) in [5, 5.41) is 2.88. The quantitative estimate of drug-likeness (QED) is 0.411. The third kappa shape index (κ3) is 3.95. The van der Waals surface area contributed by atoms with Gasteiger partial charge in [-0.15, -0.1) is 5.73 Å². The lowest BCUT2D eigenvalue weighted by Crippen LogP contribution is -2.12. The Bertz CT molecular complexity index is 678. The maximum absolute atomic E-state index is 3.24. The van der Waals surface area contributed by atoms with E-state index in [0.717, 1.165) is 12.6 Å². The molecule has 0 aromatic heterocycles. The average molecular weight is 302 g/mol. The van der Waals surface area contributed by atoms with Gasteiger partial charge in [0.05, 0.1) is 0 Å². The highest BCUT2D eigenvalue weighted by Crippen LogP contribution is 2.33. The third-order valence-electron chi connectivity index (χ3n) is 3.59. The van der Waals surface area contributed by atoms with E-state index in [4.69, 9.17) is 0 Å². The lowest BCUT2D eigenvalue weighted by Gasteiger charge is -2.16. The first-order valence-corrected chi connectivity index (χ1v) is 9.11. The lowest BCUT2D eigenvalue weighted by molar-refractivity contribution is 1.30. The van der Waals surface area contributed by atoms with Crippen molar-refractivity contribution in [2.45, 2.75) is 6.42 Å². The predicted molar refractivity (Wildman–Crippen MR) is 98.4 cm³/mol. The molecule has 2 aromatic carbocycles. The molecule has 0 fully saturated rings. The summed E-state index contributed by atoms with van der Waals surface area (Å²) in [5.41, 5.74) is 4.51. The maximum Gasteiger partial charge on any atom is -0.00225 e. The van der Waals surface area contributed by atoms with Crippen molar-refractivity contribution in [3.63, 3.8) is 0 Å². The fourth-order valence-electron chi connectivity index (χ4n) is 2.46. The average Bonchev–Trinajstić information content (AvgIpc) is 3.10. The standard InChI is InChI=1S/C21H19P/c1-3-14-20(15-4-1)22(21-16-5-2-6-17-21)18-10-9-13-19-11-7-8-12-19/h1-11,14-17H,13,18H2/b10-9+. The Morgan fingerprint density at radius 1 is 0.818 bits per heavy atom. The molecule has 1 aliphatic rings. The highest BCUT2D eigenvalue weighted by atomic mass is 31.1. The number of benzene rings is 2. The number of hydrogen-bond donors (Lipinski definition) is 0. The van der Waals surface area contributed by atoms with Crippen LogP contribution in [0.1, 0.15) is 6.42 Å². The molecule has 0 aliphatic heterocycles. The van der Waals surface area contributed by atoms with Crippen LogP contribution in [-0.4, -0.2) is 6.16 Å². The lowest BCUT2D eigenvalue weighted by atomic mass is 10.2. The van der Waals surface area contributed by atoms with Crippen LogP contribution in [0.3, 0.4) is 0 Å². The molecule has 0 saturated heterocycles. The van der Waals surface area contributed by atoms with Gasteiger partial charge in [0, 0.05) is 0 Å². The molecular formula is C21H19P. The maximum atomic E-state index is 3.24. The van der Waals surface area contributed by atoms with Gasteiger partial charge in [0.25, 0.3) is 0 Å². The van der Waals surface area contributed by atoms with Crippen molar-refractivity contribution in [3.8, 4) is 0 Å². The van der Waals surface area contributed by atoms with E-state index in [0.29, 0.717) is 0 Å². The van der Waals surface area contributed by atoms with Crippen molar-refractivity contribution in [3.05, 3.63) is 102 Å². The van der Waals surface area contributed by atoms with E-state index in [9.17, 15) is 0 Å². The molecule has 3 rings (SSSR count). The van der Waals surface area contributed by atoms with Gasteiger partial charge < -0.3 is 0 Å². The molecule has 1 aliphatic carbocycles. The van der Waals surface area contributed by atoms with E-state index in [1.54, 1.807) is 0 Å². The smallest absolute Gasteiger partial charge is 0.00225 e. The molecule has 0 heterocycles. The van der Waals surface area contributed by atoms with E-state index >= 15 is 0 Å². The molecule has 108 valence electrons. The van der Waals surface area contributed by atoms with Gasteiger partial charge in [-0.2, -0.15) is 0 Å². The van der Waals surface area contributed by atoms with Gasteiger partial charge in [-0.3, -0.25) is 0 Å². The van der Waals surface area contributed by atoms with Gasteiger partial charge in [-0.05, 0) is 42.8 Å². The highest BCUT2D eigenvalue weighted by molar-refractivity contribution is 7.73. The van der Waals surface area contributed by atoms with Crippen molar-refractivity contribution in [2.75, 3.05) is 6.16 Å². The normalized spacial score (nSPS) is 13.2. The molecule has 0 amide bonds. The Kier molecular flexibility index (Phi) is 5.22. The third-order valence-corrected chi connectivity index (χ3v) is 6.01. The summed E-state index contributed by atoms with van der Waals surface area (Å²) >= 11 is 0. The van der Waals surface area contributed by atoms with Gasteiger partial charge in [0.2, 0.25) is 0 Å². The highest BCUT2D eigenvalue weighted by Gasteiger charge is 2.11. The summed E-state index contributed by atoms with van der Waals surface area (Å²) in [4.78, 5) is 0. The second-order valence-electron chi connectivity index (χ2n) is 5.15. The van der Waals surface area contributed by atoms with Crippen LogP contribution in [0.4, 0.5) is 0 Å². The number of rotatable bonds is 6. The van der Waals surface area contributed by atoms with E-state index in [1.165, 1.54) is 16.2 Å². The minimum Gasteiger partial charge on any atom is -0.117 e. The zero-order valence-electron chi connectivity index (χ0n) is 12.5. The zero-order chi connectivity index (χ0) is 15.0. The molecule has 0 unspecified atom stereocenters. The molecule has 0 bridgehead atoms. The van der Waals surface area contributed by atoms with Crippen molar-refractivity contribution in [1.82, 2.24) is 0 Å². The molecule has 0 spiro atoms. The number of allylic oxidation sites excluding steroid dienone is 5. The summed E-state index contributed by atoms with van der Waals surface area (Å²) in [5.74, 6) is 0. The summed E-state index contributed by atoms with van der Waals surface area (Å²) in [6.07, 6.45) is 12.8. The molecule has 0 atom stereocenters. The van der Waals surface area contributed by atoms with E-state index in [2.05, 4.69) is 84.6 Å². The fourth-order valence-corrected chi connectivity index (χ4v) is 4.60. The van der Waals surface area contributed by atoms with Crippen LogP contribution in [0, 0.1) is 0 Å². The van der Waals surface area contributed by atoms with Crippen LogP contribution >= 0.6 is 7.92 Å². The largest absolute Gasteiger partial charge is 0.117 e. The molecule has 0 saturated carbocycles. The first-order valence-electron chi connectivity index (χ1n) is 7.58. The van der Waals surface area contributed by atoms with Crippen LogP contribution in [0.2, 0.25) is 0 Å².